The summed E-state index contributed by atoms with van der Waals surface area (Å²) in [6.45, 7) is 10.6. The molecule has 3 atom stereocenters. The van der Waals surface area contributed by atoms with Crippen LogP contribution in [-0.2, 0) is 0 Å². The molecule has 2 aliphatic rings. The SMILES string of the molecule is CC1CCC(CNC(C)(C)C)C(C2CCCCCC2)C1. The minimum Gasteiger partial charge on any atom is -0.312 e. The van der Waals surface area contributed by atoms with Crippen molar-refractivity contribution < 1.29 is 0 Å². The fourth-order valence-electron chi connectivity index (χ4n) is 4.49. The standard InChI is InChI=1S/C19H37N/c1-15-11-12-17(14-20-19(2,3)4)18(13-15)16-9-7-5-6-8-10-16/h15-18,20H,5-14H2,1-4H3. The first-order chi connectivity index (χ1) is 9.46. The predicted octanol–water partition coefficient (Wildman–Crippen LogP) is 5.40. The Hall–Kier alpha value is -0.0400. The molecular weight excluding hydrogens is 242 g/mol. The molecule has 0 aromatic carbocycles. The van der Waals surface area contributed by atoms with Gasteiger partial charge < -0.3 is 5.32 Å². The van der Waals surface area contributed by atoms with Gasteiger partial charge in [0.05, 0.1) is 0 Å². The van der Waals surface area contributed by atoms with Crippen molar-refractivity contribution in [2.75, 3.05) is 6.54 Å². The monoisotopic (exact) mass is 279 g/mol. The smallest absolute Gasteiger partial charge is 0.00966 e. The second-order valence-corrected chi connectivity index (χ2v) is 8.72. The van der Waals surface area contributed by atoms with E-state index < -0.39 is 0 Å². The molecule has 20 heavy (non-hydrogen) atoms. The summed E-state index contributed by atoms with van der Waals surface area (Å²) < 4.78 is 0. The fourth-order valence-corrected chi connectivity index (χ4v) is 4.49. The molecule has 0 aromatic heterocycles. The maximum Gasteiger partial charge on any atom is 0.00966 e. The van der Waals surface area contributed by atoms with Crippen LogP contribution in [0.15, 0.2) is 0 Å². The van der Waals surface area contributed by atoms with Gasteiger partial charge in [0.1, 0.15) is 0 Å². The van der Waals surface area contributed by atoms with E-state index in [1.165, 1.54) is 64.3 Å². The Kier molecular flexibility index (Phi) is 5.95. The first-order valence-corrected chi connectivity index (χ1v) is 9.21. The normalized spacial score (nSPS) is 33.9. The van der Waals surface area contributed by atoms with Gasteiger partial charge in [-0.25, -0.2) is 0 Å². The van der Waals surface area contributed by atoms with Gasteiger partial charge in [0.2, 0.25) is 0 Å². The molecule has 0 spiro atoms. The van der Waals surface area contributed by atoms with Crippen molar-refractivity contribution >= 4 is 0 Å². The predicted molar refractivity (Wildman–Crippen MR) is 88.9 cm³/mol. The van der Waals surface area contributed by atoms with Gasteiger partial charge >= 0.3 is 0 Å². The average Bonchev–Trinajstić information content (AvgIpc) is 2.65. The van der Waals surface area contributed by atoms with Gasteiger partial charge in [-0.15, -0.1) is 0 Å². The van der Waals surface area contributed by atoms with Crippen molar-refractivity contribution in [2.45, 2.75) is 91.0 Å². The van der Waals surface area contributed by atoms with E-state index in [1.807, 2.05) is 0 Å². The van der Waals surface area contributed by atoms with Crippen LogP contribution >= 0.6 is 0 Å². The summed E-state index contributed by atoms with van der Waals surface area (Å²) in [5.41, 5.74) is 0.275. The van der Waals surface area contributed by atoms with E-state index in [9.17, 15) is 0 Å². The quantitative estimate of drug-likeness (QED) is 0.682. The maximum atomic E-state index is 3.79. The minimum absolute atomic E-state index is 0.275. The van der Waals surface area contributed by atoms with Crippen LogP contribution in [0.25, 0.3) is 0 Å². The van der Waals surface area contributed by atoms with Gasteiger partial charge in [0, 0.05) is 5.54 Å². The van der Waals surface area contributed by atoms with Crippen LogP contribution in [0.1, 0.15) is 85.5 Å². The zero-order valence-corrected chi connectivity index (χ0v) is 14.4. The average molecular weight is 280 g/mol. The first-order valence-electron chi connectivity index (χ1n) is 9.21. The highest BCUT2D eigenvalue weighted by Crippen LogP contribution is 2.42. The van der Waals surface area contributed by atoms with Gasteiger partial charge in [0.25, 0.3) is 0 Å². The molecule has 1 nitrogen and oxygen atoms in total. The maximum absolute atomic E-state index is 3.79. The van der Waals surface area contributed by atoms with Gasteiger partial charge in [-0.3, -0.25) is 0 Å². The fraction of sp³-hybridized carbons (Fsp3) is 1.00. The van der Waals surface area contributed by atoms with E-state index in [0.29, 0.717) is 0 Å². The zero-order chi connectivity index (χ0) is 14.6. The summed E-state index contributed by atoms with van der Waals surface area (Å²) in [7, 11) is 0. The molecule has 0 saturated heterocycles. The molecule has 0 bridgehead atoms. The Morgan fingerprint density at radius 1 is 0.900 bits per heavy atom. The zero-order valence-electron chi connectivity index (χ0n) is 14.4. The van der Waals surface area contributed by atoms with Crippen molar-refractivity contribution in [3.8, 4) is 0 Å². The molecule has 0 amide bonds. The first kappa shape index (κ1) is 16.3. The van der Waals surface area contributed by atoms with Gasteiger partial charge in [-0.05, 0) is 63.8 Å². The second kappa shape index (κ2) is 7.29. The lowest BCUT2D eigenvalue weighted by Crippen LogP contribution is -2.43. The van der Waals surface area contributed by atoms with E-state index in [-0.39, 0.29) is 5.54 Å². The van der Waals surface area contributed by atoms with E-state index in [0.717, 1.165) is 23.7 Å². The molecule has 1 heteroatoms. The third-order valence-corrected chi connectivity index (χ3v) is 5.71. The molecule has 0 radical (unpaired) electrons. The van der Waals surface area contributed by atoms with E-state index in [4.69, 9.17) is 0 Å². The van der Waals surface area contributed by atoms with Gasteiger partial charge in [-0.1, -0.05) is 51.9 Å². The molecule has 118 valence electrons. The topological polar surface area (TPSA) is 12.0 Å². The van der Waals surface area contributed by atoms with E-state index in [2.05, 4.69) is 33.0 Å². The van der Waals surface area contributed by atoms with E-state index in [1.54, 1.807) is 0 Å². The highest BCUT2D eigenvalue weighted by Gasteiger charge is 2.34. The van der Waals surface area contributed by atoms with E-state index >= 15 is 0 Å². The molecule has 2 aliphatic carbocycles. The Morgan fingerprint density at radius 3 is 2.15 bits per heavy atom. The molecule has 2 fully saturated rings. The molecule has 1 N–H and O–H groups in total. The Bertz CT molecular complexity index is 270. The number of hydrogen-bond donors (Lipinski definition) is 1. The second-order valence-electron chi connectivity index (χ2n) is 8.72. The van der Waals surface area contributed by atoms with Crippen LogP contribution < -0.4 is 5.32 Å². The van der Waals surface area contributed by atoms with Crippen LogP contribution in [0.5, 0.6) is 0 Å². The van der Waals surface area contributed by atoms with Crippen molar-refractivity contribution in [1.82, 2.24) is 5.32 Å². The Labute approximate surface area is 127 Å². The summed E-state index contributed by atoms with van der Waals surface area (Å²) in [5, 5.41) is 3.79. The van der Waals surface area contributed by atoms with Crippen molar-refractivity contribution in [1.29, 1.82) is 0 Å². The summed E-state index contributed by atoms with van der Waals surface area (Å²) in [6, 6.07) is 0. The lowest BCUT2D eigenvalue weighted by atomic mass is 9.67. The van der Waals surface area contributed by atoms with Crippen molar-refractivity contribution in [2.24, 2.45) is 23.7 Å². The van der Waals surface area contributed by atoms with Crippen LogP contribution in [0.4, 0.5) is 0 Å². The van der Waals surface area contributed by atoms with Gasteiger partial charge in [-0.2, -0.15) is 0 Å². The lowest BCUT2D eigenvalue weighted by Gasteiger charge is -2.41. The van der Waals surface area contributed by atoms with Crippen molar-refractivity contribution in [3.05, 3.63) is 0 Å². The Morgan fingerprint density at radius 2 is 1.55 bits per heavy atom. The highest BCUT2D eigenvalue weighted by atomic mass is 14.9. The largest absolute Gasteiger partial charge is 0.312 e. The molecule has 0 aromatic rings. The molecule has 0 heterocycles. The highest BCUT2D eigenvalue weighted by molar-refractivity contribution is 4.87. The van der Waals surface area contributed by atoms with Crippen molar-refractivity contribution in [3.63, 3.8) is 0 Å². The van der Waals surface area contributed by atoms with Crippen LogP contribution in [0.3, 0.4) is 0 Å². The minimum atomic E-state index is 0.275. The molecular formula is C19H37N. The van der Waals surface area contributed by atoms with Crippen LogP contribution in [-0.4, -0.2) is 12.1 Å². The summed E-state index contributed by atoms with van der Waals surface area (Å²) in [4.78, 5) is 0. The number of rotatable bonds is 3. The third-order valence-electron chi connectivity index (χ3n) is 5.71. The molecule has 2 saturated carbocycles. The number of nitrogens with one attached hydrogen (secondary N) is 1. The summed E-state index contributed by atoms with van der Waals surface area (Å²) in [5.74, 6) is 3.95. The van der Waals surface area contributed by atoms with Gasteiger partial charge in [0.15, 0.2) is 0 Å². The molecule has 0 aliphatic heterocycles. The Balaban J connectivity index is 1.95. The van der Waals surface area contributed by atoms with Crippen LogP contribution in [0, 0.1) is 23.7 Å². The third kappa shape index (κ3) is 5.06. The summed E-state index contributed by atoms with van der Waals surface area (Å²) in [6.07, 6.45) is 13.4. The molecule has 2 rings (SSSR count). The number of hydrogen-bond acceptors (Lipinski definition) is 1. The van der Waals surface area contributed by atoms with Crippen LogP contribution in [0.2, 0.25) is 0 Å². The lowest BCUT2D eigenvalue weighted by molar-refractivity contribution is 0.109. The molecule has 3 unspecified atom stereocenters. The summed E-state index contributed by atoms with van der Waals surface area (Å²) >= 11 is 0.